The fraction of sp³-hybridized carbons (Fsp3) is 0.125. The monoisotopic (exact) mass is 268 g/mol. The fourth-order valence-corrected chi connectivity index (χ4v) is 2.78. The third kappa shape index (κ3) is 3.20. The summed E-state index contributed by atoms with van der Waals surface area (Å²) in [5.41, 5.74) is 4.19. The number of thiol groups is 1. The van der Waals surface area contributed by atoms with Crippen LogP contribution in [0, 0.1) is 0 Å². The van der Waals surface area contributed by atoms with Gasteiger partial charge in [0.05, 0.1) is 5.69 Å². The SMILES string of the molecule is S=C1SC(S)NN1c1ccccc1.[KH]. The number of benzene rings is 1. The second-order valence-corrected chi connectivity index (χ2v) is 5.14. The molecule has 70 valence electrons. The third-order valence-corrected chi connectivity index (χ3v) is 3.26. The van der Waals surface area contributed by atoms with Crippen LogP contribution in [0.3, 0.4) is 0 Å². The molecule has 1 unspecified atom stereocenters. The van der Waals surface area contributed by atoms with E-state index < -0.39 is 0 Å². The summed E-state index contributed by atoms with van der Waals surface area (Å²) < 4.78 is 0.874. The number of hydrazine groups is 1. The summed E-state index contributed by atoms with van der Waals surface area (Å²) in [4.78, 5) is 0. The number of hydrogen-bond donors (Lipinski definition) is 2. The number of hydrogen-bond acceptors (Lipinski definition) is 4. The van der Waals surface area contributed by atoms with Crippen LogP contribution >= 0.6 is 36.6 Å². The van der Waals surface area contributed by atoms with E-state index in [1.165, 1.54) is 11.8 Å². The molecule has 1 aliphatic rings. The molecule has 1 N–H and O–H groups in total. The second kappa shape index (κ2) is 6.22. The van der Waals surface area contributed by atoms with Crippen molar-refractivity contribution in [2.45, 2.75) is 4.71 Å². The molecule has 0 aromatic heterocycles. The normalized spacial score (nSPS) is 20.8. The maximum absolute atomic E-state index is 5.18. The molecular formula is C8H9KN2S3. The molecule has 2 nitrogen and oxygen atoms in total. The standard InChI is InChI=1S/C8H8N2S3.K.H/c11-7-9-10(8(12)13-7)6-4-2-1-3-5-6;;/h1-5,7,9,11H;;. The van der Waals surface area contributed by atoms with Crippen LogP contribution in [0.2, 0.25) is 0 Å². The molecule has 1 aliphatic heterocycles. The topological polar surface area (TPSA) is 15.3 Å². The maximum atomic E-state index is 5.18. The number of nitrogens with zero attached hydrogens (tertiary/aromatic N) is 1. The van der Waals surface area contributed by atoms with E-state index in [9.17, 15) is 0 Å². The van der Waals surface area contributed by atoms with Crippen molar-refractivity contribution in [1.29, 1.82) is 0 Å². The van der Waals surface area contributed by atoms with Crippen molar-refractivity contribution in [3.8, 4) is 0 Å². The van der Waals surface area contributed by atoms with Crippen LogP contribution < -0.4 is 10.4 Å². The Labute approximate surface area is 141 Å². The van der Waals surface area contributed by atoms with E-state index in [1.54, 1.807) is 0 Å². The molecule has 6 heteroatoms. The van der Waals surface area contributed by atoms with Crippen molar-refractivity contribution < 1.29 is 0 Å². The Morgan fingerprint density at radius 2 is 2.00 bits per heavy atom. The van der Waals surface area contributed by atoms with Gasteiger partial charge in [-0.3, -0.25) is 5.01 Å². The Morgan fingerprint density at radius 3 is 2.50 bits per heavy atom. The summed E-state index contributed by atoms with van der Waals surface area (Å²) >= 11 is 11.0. The van der Waals surface area contributed by atoms with Gasteiger partial charge in [-0.2, -0.15) is 0 Å². The van der Waals surface area contributed by atoms with Gasteiger partial charge in [-0.25, -0.2) is 5.43 Å². The van der Waals surface area contributed by atoms with Gasteiger partial charge in [0.15, 0.2) is 4.32 Å². The number of anilines is 1. The number of rotatable bonds is 1. The van der Waals surface area contributed by atoms with Gasteiger partial charge in [-0.15, -0.1) is 12.6 Å². The van der Waals surface area contributed by atoms with E-state index in [1.807, 2.05) is 35.3 Å². The predicted octanol–water partition coefficient (Wildman–Crippen LogP) is 1.59. The summed E-state index contributed by atoms with van der Waals surface area (Å²) in [6, 6.07) is 9.96. The zero-order valence-corrected chi connectivity index (χ0v) is 9.20. The number of thiocarbonyl (C=S) groups is 1. The van der Waals surface area contributed by atoms with Crippen molar-refractivity contribution in [3.63, 3.8) is 0 Å². The van der Waals surface area contributed by atoms with Crippen molar-refractivity contribution in [2.24, 2.45) is 0 Å². The van der Waals surface area contributed by atoms with Gasteiger partial charge in [0, 0.05) is 0 Å². The van der Waals surface area contributed by atoms with Crippen LogP contribution in [0.15, 0.2) is 30.3 Å². The molecule has 14 heavy (non-hydrogen) atoms. The molecule has 1 fully saturated rings. The summed E-state index contributed by atoms with van der Waals surface area (Å²) in [5.74, 6) is 0. The average Bonchev–Trinajstić information content (AvgIpc) is 2.47. The van der Waals surface area contributed by atoms with Crippen LogP contribution in [0.5, 0.6) is 0 Å². The van der Waals surface area contributed by atoms with Gasteiger partial charge in [-0.05, 0) is 12.1 Å². The van der Waals surface area contributed by atoms with E-state index >= 15 is 0 Å². The van der Waals surface area contributed by atoms with E-state index in [-0.39, 0.29) is 56.1 Å². The number of nitrogens with one attached hydrogen (secondary N) is 1. The Bertz CT molecular complexity index is 320. The van der Waals surface area contributed by atoms with Crippen molar-refractivity contribution >= 4 is 98.0 Å². The molecule has 1 heterocycles. The molecule has 0 spiro atoms. The van der Waals surface area contributed by atoms with Gasteiger partial charge in [0.25, 0.3) is 0 Å². The van der Waals surface area contributed by atoms with Crippen LogP contribution in [0.1, 0.15) is 0 Å². The van der Waals surface area contributed by atoms with E-state index in [2.05, 4.69) is 18.1 Å². The molecule has 1 saturated heterocycles. The molecule has 1 aromatic rings. The average molecular weight is 268 g/mol. The quantitative estimate of drug-likeness (QED) is 0.457. The van der Waals surface area contributed by atoms with Gasteiger partial charge >= 0.3 is 51.4 Å². The third-order valence-electron chi connectivity index (χ3n) is 1.65. The number of thioether (sulfide) groups is 1. The van der Waals surface area contributed by atoms with E-state index in [0.29, 0.717) is 0 Å². The molecule has 1 atom stereocenters. The minimum atomic E-state index is 0. The zero-order valence-electron chi connectivity index (χ0n) is 6.68. The molecule has 0 saturated carbocycles. The van der Waals surface area contributed by atoms with E-state index in [4.69, 9.17) is 12.2 Å². The Hall–Kier alpha value is 1.41. The number of para-hydroxylation sites is 1. The van der Waals surface area contributed by atoms with Crippen LogP contribution in [0.4, 0.5) is 5.69 Å². The van der Waals surface area contributed by atoms with Crippen LogP contribution in [-0.2, 0) is 0 Å². The van der Waals surface area contributed by atoms with Gasteiger partial charge in [0.2, 0.25) is 0 Å². The zero-order chi connectivity index (χ0) is 9.26. The van der Waals surface area contributed by atoms with Crippen LogP contribution in [-0.4, -0.2) is 60.4 Å². The van der Waals surface area contributed by atoms with Gasteiger partial charge in [-0.1, -0.05) is 42.2 Å². The first-order valence-corrected chi connectivity index (χ1v) is 5.58. The Kier molecular flexibility index (Phi) is 5.98. The molecular weight excluding hydrogens is 259 g/mol. The molecule has 0 bridgehead atoms. The van der Waals surface area contributed by atoms with Gasteiger partial charge < -0.3 is 0 Å². The summed E-state index contributed by atoms with van der Waals surface area (Å²) in [6.45, 7) is 0. The van der Waals surface area contributed by atoms with Crippen molar-refractivity contribution in [2.75, 3.05) is 5.01 Å². The van der Waals surface area contributed by atoms with Crippen molar-refractivity contribution in [1.82, 2.24) is 5.43 Å². The molecule has 0 aliphatic carbocycles. The fourth-order valence-electron chi connectivity index (χ4n) is 1.09. The minimum absolute atomic E-state index is 0. The first-order valence-electron chi connectivity index (χ1n) is 3.77. The Morgan fingerprint density at radius 1 is 1.36 bits per heavy atom. The first-order chi connectivity index (χ1) is 6.27. The first kappa shape index (κ1) is 13.5. The van der Waals surface area contributed by atoms with E-state index in [0.717, 1.165) is 10.0 Å². The second-order valence-electron chi connectivity index (χ2n) is 2.54. The summed E-state index contributed by atoms with van der Waals surface area (Å²) in [5, 5.41) is 1.87. The molecule has 0 amide bonds. The summed E-state index contributed by atoms with van der Waals surface area (Å²) in [6.07, 6.45) is 0. The summed E-state index contributed by atoms with van der Waals surface area (Å²) in [7, 11) is 0. The molecule has 0 radical (unpaired) electrons. The molecule has 2 rings (SSSR count). The van der Waals surface area contributed by atoms with Crippen LogP contribution in [0.25, 0.3) is 0 Å². The predicted molar refractivity (Wildman–Crippen MR) is 72.2 cm³/mol. The van der Waals surface area contributed by atoms with Gasteiger partial charge in [0.1, 0.15) is 4.71 Å². The molecule has 1 aromatic carbocycles. The van der Waals surface area contributed by atoms with Crippen molar-refractivity contribution in [3.05, 3.63) is 30.3 Å². The Balaban J connectivity index is 0.000000980.